The van der Waals surface area contributed by atoms with Gasteiger partial charge in [0.2, 0.25) is 11.9 Å². The largest absolute Gasteiger partial charge is 0.350 e. The maximum Gasteiger partial charge on any atom is 0.253 e. The van der Waals surface area contributed by atoms with Crippen LogP contribution in [0, 0.1) is 0 Å². The number of benzene rings is 1. The van der Waals surface area contributed by atoms with Crippen molar-refractivity contribution in [2.75, 3.05) is 23.7 Å². The number of fused-ring (bicyclic) bond motifs is 1. The standard InChI is InChI=1S/C24H28N6O3/c1-4-20(31)26-18-8-5-16(6-9-18)23(33)29-12-11-19(14-29)27-24-25-13-17-7-10-21(32)30(15(2)3)22(17)28-24/h5-10,13,15,19H,4,11-12,14H2,1-3H3,(H,26,31)(H,25,27,28)/t19-/m1/s1. The van der Waals surface area contributed by atoms with Crippen LogP contribution in [0.5, 0.6) is 0 Å². The van der Waals surface area contributed by atoms with Crippen LogP contribution in [0.3, 0.4) is 0 Å². The number of nitrogens with one attached hydrogen (secondary N) is 2. The third-order valence-electron chi connectivity index (χ3n) is 5.73. The van der Waals surface area contributed by atoms with E-state index in [-0.39, 0.29) is 29.5 Å². The summed E-state index contributed by atoms with van der Waals surface area (Å²) in [4.78, 5) is 47.5. The summed E-state index contributed by atoms with van der Waals surface area (Å²) in [5.74, 6) is 0.322. The second-order valence-electron chi connectivity index (χ2n) is 8.47. The summed E-state index contributed by atoms with van der Waals surface area (Å²) in [6.45, 7) is 6.83. The average Bonchev–Trinajstić information content (AvgIpc) is 3.27. The topological polar surface area (TPSA) is 109 Å². The van der Waals surface area contributed by atoms with E-state index >= 15 is 0 Å². The van der Waals surface area contributed by atoms with Crippen molar-refractivity contribution in [1.29, 1.82) is 0 Å². The molecule has 2 N–H and O–H groups in total. The number of pyridine rings is 1. The van der Waals surface area contributed by atoms with Gasteiger partial charge in [-0.3, -0.25) is 19.0 Å². The van der Waals surface area contributed by atoms with Gasteiger partial charge in [0, 0.05) is 60.5 Å². The maximum absolute atomic E-state index is 12.9. The van der Waals surface area contributed by atoms with Crippen molar-refractivity contribution >= 4 is 34.5 Å². The minimum Gasteiger partial charge on any atom is -0.350 e. The van der Waals surface area contributed by atoms with E-state index in [4.69, 9.17) is 0 Å². The molecule has 9 nitrogen and oxygen atoms in total. The summed E-state index contributed by atoms with van der Waals surface area (Å²) in [5.41, 5.74) is 1.75. The second-order valence-corrected chi connectivity index (χ2v) is 8.47. The van der Waals surface area contributed by atoms with E-state index in [1.807, 2.05) is 13.8 Å². The van der Waals surface area contributed by atoms with Gasteiger partial charge in [-0.15, -0.1) is 0 Å². The molecule has 2 aromatic heterocycles. The number of nitrogens with zero attached hydrogens (tertiary/aromatic N) is 4. The van der Waals surface area contributed by atoms with E-state index in [0.717, 1.165) is 11.8 Å². The van der Waals surface area contributed by atoms with Gasteiger partial charge < -0.3 is 15.5 Å². The lowest BCUT2D eigenvalue weighted by atomic mass is 10.2. The molecule has 0 saturated carbocycles. The van der Waals surface area contributed by atoms with E-state index in [1.54, 1.807) is 52.9 Å². The van der Waals surface area contributed by atoms with Crippen molar-refractivity contribution < 1.29 is 9.59 Å². The summed E-state index contributed by atoms with van der Waals surface area (Å²) < 4.78 is 1.65. The molecule has 9 heteroatoms. The van der Waals surface area contributed by atoms with Gasteiger partial charge in [0.25, 0.3) is 11.5 Å². The molecule has 1 atom stereocenters. The number of aromatic nitrogens is 3. The number of amides is 2. The Hall–Kier alpha value is -3.75. The number of hydrogen-bond donors (Lipinski definition) is 2. The van der Waals surface area contributed by atoms with Gasteiger partial charge >= 0.3 is 0 Å². The van der Waals surface area contributed by atoms with Crippen LogP contribution in [0.25, 0.3) is 11.0 Å². The molecule has 1 aromatic carbocycles. The number of carbonyl (C=O) groups is 2. The van der Waals surface area contributed by atoms with Crippen LogP contribution >= 0.6 is 0 Å². The molecule has 172 valence electrons. The molecular formula is C24H28N6O3. The first-order chi connectivity index (χ1) is 15.9. The lowest BCUT2D eigenvalue weighted by Gasteiger charge is -2.18. The van der Waals surface area contributed by atoms with Crippen LogP contribution in [-0.4, -0.2) is 50.4 Å². The van der Waals surface area contributed by atoms with Gasteiger partial charge in [0.1, 0.15) is 5.65 Å². The number of hydrogen-bond acceptors (Lipinski definition) is 6. The fraction of sp³-hybridized carbons (Fsp3) is 0.375. The molecule has 3 heterocycles. The van der Waals surface area contributed by atoms with Gasteiger partial charge in [-0.1, -0.05) is 6.92 Å². The van der Waals surface area contributed by atoms with Gasteiger partial charge in [-0.2, -0.15) is 4.98 Å². The molecule has 0 bridgehead atoms. The Balaban J connectivity index is 1.43. The first-order valence-electron chi connectivity index (χ1n) is 11.2. The molecular weight excluding hydrogens is 420 g/mol. The highest BCUT2D eigenvalue weighted by Gasteiger charge is 2.27. The summed E-state index contributed by atoms with van der Waals surface area (Å²) in [6.07, 6.45) is 2.88. The predicted molar refractivity (Wildman–Crippen MR) is 127 cm³/mol. The summed E-state index contributed by atoms with van der Waals surface area (Å²) >= 11 is 0. The SMILES string of the molecule is CCC(=O)Nc1ccc(C(=O)N2CC[C@@H](Nc3ncc4ccc(=O)n(C(C)C)c4n3)C2)cc1. The van der Waals surface area contributed by atoms with Crippen LogP contribution in [0.2, 0.25) is 0 Å². The molecule has 3 aromatic rings. The van der Waals surface area contributed by atoms with E-state index in [0.29, 0.717) is 42.4 Å². The molecule has 2 amide bonds. The molecule has 0 unspecified atom stereocenters. The zero-order valence-corrected chi connectivity index (χ0v) is 19.0. The summed E-state index contributed by atoms with van der Waals surface area (Å²) in [7, 11) is 0. The molecule has 0 spiro atoms. The Kier molecular flexibility index (Phi) is 6.39. The predicted octanol–water partition coefficient (Wildman–Crippen LogP) is 3.05. The molecule has 1 saturated heterocycles. The quantitative estimate of drug-likeness (QED) is 0.600. The molecule has 0 radical (unpaired) electrons. The summed E-state index contributed by atoms with van der Waals surface area (Å²) in [6, 6.07) is 10.2. The highest BCUT2D eigenvalue weighted by atomic mass is 16.2. The highest BCUT2D eigenvalue weighted by Crippen LogP contribution is 2.20. The van der Waals surface area contributed by atoms with Gasteiger partial charge in [0.15, 0.2) is 0 Å². The lowest BCUT2D eigenvalue weighted by Crippen LogP contribution is -2.32. The average molecular weight is 449 g/mol. The zero-order valence-electron chi connectivity index (χ0n) is 19.0. The van der Waals surface area contributed by atoms with Crippen molar-refractivity contribution in [3.63, 3.8) is 0 Å². The Labute approximate surface area is 191 Å². The van der Waals surface area contributed by atoms with E-state index in [1.165, 1.54) is 6.07 Å². The number of carbonyl (C=O) groups excluding carboxylic acids is 2. The van der Waals surface area contributed by atoms with Gasteiger partial charge in [-0.05, 0) is 50.6 Å². The molecule has 4 rings (SSSR count). The highest BCUT2D eigenvalue weighted by molar-refractivity contribution is 5.96. The van der Waals surface area contributed by atoms with Crippen molar-refractivity contribution in [3.8, 4) is 0 Å². The third kappa shape index (κ3) is 4.87. The van der Waals surface area contributed by atoms with E-state index in [9.17, 15) is 14.4 Å². The second kappa shape index (κ2) is 9.40. The Morgan fingerprint density at radius 3 is 2.61 bits per heavy atom. The Morgan fingerprint density at radius 2 is 1.91 bits per heavy atom. The normalized spacial score (nSPS) is 15.8. The lowest BCUT2D eigenvalue weighted by molar-refractivity contribution is -0.115. The fourth-order valence-electron chi connectivity index (χ4n) is 3.98. The maximum atomic E-state index is 12.9. The Bertz CT molecular complexity index is 1240. The van der Waals surface area contributed by atoms with Crippen LogP contribution < -0.4 is 16.2 Å². The molecule has 1 aliphatic rings. The van der Waals surface area contributed by atoms with Crippen LogP contribution in [-0.2, 0) is 4.79 Å². The monoisotopic (exact) mass is 448 g/mol. The number of likely N-dealkylation sites (tertiary alicyclic amines) is 1. The molecule has 1 fully saturated rings. The first-order valence-corrected chi connectivity index (χ1v) is 11.2. The van der Waals surface area contributed by atoms with Crippen molar-refractivity contribution in [1.82, 2.24) is 19.4 Å². The smallest absolute Gasteiger partial charge is 0.253 e. The van der Waals surface area contributed by atoms with Crippen molar-refractivity contribution in [2.24, 2.45) is 0 Å². The van der Waals surface area contributed by atoms with Crippen molar-refractivity contribution in [3.05, 3.63) is 58.5 Å². The number of anilines is 2. The Morgan fingerprint density at radius 1 is 1.15 bits per heavy atom. The van der Waals surface area contributed by atoms with Crippen LogP contribution in [0.4, 0.5) is 11.6 Å². The minimum atomic E-state index is -0.0972. The van der Waals surface area contributed by atoms with Gasteiger partial charge in [-0.25, -0.2) is 4.98 Å². The number of rotatable bonds is 6. The zero-order chi connectivity index (χ0) is 23.5. The van der Waals surface area contributed by atoms with Gasteiger partial charge in [0.05, 0.1) is 0 Å². The minimum absolute atomic E-state index is 0.0115. The molecule has 1 aliphatic heterocycles. The van der Waals surface area contributed by atoms with Crippen molar-refractivity contribution in [2.45, 2.75) is 45.7 Å². The van der Waals surface area contributed by atoms with Crippen LogP contribution in [0.15, 0.2) is 47.4 Å². The van der Waals surface area contributed by atoms with E-state index < -0.39 is 0 Å². The third-order valence-corrected chi connectivity index (χ3v) is 5.73. The molecule has 33 heavy (non-hydrogen) atoms. The van der Waals surface area contributed by atoms with E-state index in [2.05, 4.69) is 20.6 Å². The summed E-state index contributed by atoms with van der Waals surface area (Å²) in [5, 5.41) is 6.89. The fourth-order valence-corrected chi connectivity index (χ4v) is 3.98. The molecule has 0 aliphatic carbocycles. The first kappa shape index (κ1) is 22.4. The van der Waals surface area contributed by atoms with Crippen LogP contribution in [0.1, 0.15) is 50.0 Å².